The van der Waals surface area contributed by atoms with Crippen molar-refractivity contribution in [3.63, 3.8) is 0 Å². The van der Waals surface area contributed by atoms with E-state index < -0.39 is 5.97 Å². The van der Waals surface area contributed by atoms with Crippen molar-refractivity contribution in [1.82, 2.24) is 15.0 Å². The Hall–Kier alpha value is -2.62. The predicted octanol–water partition coefficient (Wildman–Crippen LogP) is 1.81. The molecule has 27 heavy (non-hydrogen) atoms. The molecule has 10 heteroatoms. The number of anilines is 2. The summed E-state index contributed by atoms with van der Waals surface area (Å²) in [6.45, 7) is 3.27. The first-order chi connectivity index (χ1) is 13.0. The third-order valence-corrected chi connectivity index (χ3v) is 5.02. The topological polar surface area (TPSA) is 132 Å². The molecular weight excluding hydrogens is 370 g/mol. The number of aromatic carboxylic acids is 1. The molecule has 0 spiro atoms. The van der Waals surface area contributed by atoms with E-state index in [2.05, 4.69) is 15.0 Å². The van der Waals surface area contributed by atoms with Gasteiger partial charge in [-0.3, -0.25) is 4.79 Å². The normalized spacial score (nSPS) is 17.1. The zero-order valence-corrected chi connectivity index (χ0v) is 16.0. The number of carboxylic acids is 1. The van der Waals surface area contributed by atoms with Gasteiger partial charge in [0.05, 0.1) is 23.4 Å². The molecule has 1 atom stereocenters. The van der Waals surface area contributed by atoms with Crippen LogP contribution in [0.3, 0.4) is 0 Å². The third kappa shape index (κ3) is 3.75. The van der Waals surface area contributed by atoms with E-state index in [0.717, 1.165) is 12.8 Å². The maximum atomic E-state index is 12.2. The van der Waals surface area contributed by atoms with Gasteiger partial charge in [0.15, 0.2) is 5.16 Å². The molecule has 144 valence electrons. The zero-order valence-electron chi connectivity index (χ0n) is 15.1. The van der Waals surface area contributed by atoms with Gasteiger partial charge >= 0.3 is 11.9 Å². The number of nitrogens with two attached hydrogens (primary N) is 1. The van der Waals surface area contributed by atoms with Crippen molar-refractivity contribution in [2.75, 3.05) is 36.6 Å². The number of hydrogen-bond donors (Lipinski definition) is 2. The van der Waals surface area contributed by atoms with Crippen LogP contribution in [0.5, 0.6) is 0 Å². The Morgan fingerprint density at radius 2 is 2.22 bits per heavy atom. The van der Waals surface area contributed by atoms with Gasteiger partial charge in [0.2, 0.25) is 0 Å². The minimum atomic E-state index is -1.19. The van der Waals surface area contributed by atoms with Gasteiger partial charge in [-0.15, -0.1) is 0 Å². The maximum Gasteiger partial charge on any atom is 0.341 e. The summed E-state index contributed by atoms with van der Waals surface area (Å²) in [7, 11) is 0. The molecular formula is C17H21N5O4S. The fourth-order valence-corrected chi connectivity index (χ4v) is 3.59. The van der Waals surface area contributed by atoms with Gasteiger partial charge in [-0.05, 0) is 26.0 Å². The van der Waals surface area contributed by atoms with E-state index in [1.807, 2.05) is 11.2 Å². The lowest BCUT2D eigenvalue weighted by molar-refractivity contribution is -0.148. The van der Waals surface area contributed by atoms with Crippen LogP contribution in [0.2, 0.25) is 0 Å². The number of ether oxygens (including phenoxy) is 1. The number of thioether (sulfide) groups is 1. The van der Waals surface area contributed by atoms with Crippen molar-refractivity contribution >= 4 is 46.2 Å². The molecule has 1 saturated heterocycles. The van der Waals surface area contributed by atoms with Crippen molar-refractivity contribution in [2.45, 2.75) is 24.9 Å². The van der Waals surface area contributed by atoms with Crippen LogP contribution in [0, 0.1) is 5.92 Å². The first-order valence-corrected chi connectivity index (χ1v) is 9.83. The number of pyridine rings is 1. The molecule has 2 aromatic heterocycles. The summed E-state index contributed by atoms with van der Waals surface area (Å²) in [5.41, 5.74) is 5.89. The smallest absolute Gasteiger partial charge is 0.341 e. The molecule has 3 heterocycles. The first-order valence-electron chi connectivity index (χ1n) is 8.61. The number of carboxylic acid groups (broad SMARTS) is 1. The molecule has 0 radical (unpaired) electrons. The van der Waals surface area contributed by atoms with Gasteiger partial charge in [0.25, 0.3) is 0 Å². The first kappa shape index (κ1) is 19.2. The lowest BCUT2D eigenvalue weighted by Crippen LogP contribution is -2.40. The highest BCUT2D eigenvalue weighted by atomic mass is 32.2. The van der Waals surface area contributed by atoms with Crippen LogP contribution in [-0.2, 0) is 9.53 Å². The van der Waals surface area contributed by atoms with Crippen molar-refractivity contribution in [1.29, 1.82) is 0 Å². The zero-order chi connectivity index (χ0) is 19.6. The number of carbonyl (C=O) groups is 2. The Bertz CT molecular complexity index is 891. The summed E-state index contributed by atoms with van der Waals surface area (Å²) in [5.74, 6) is -1.19. The molecule has 3 rings (SSSR count). The van der Waals surface area contributed by atoms with Crippen molar-refractivity contribution in [3.8, 4) is 0 Å². The van der Waals surface area contributed by atoms with Crippen LogP contribution in [0.25, 0.3) is 10.9 Å². The minimum absolute atomic E-state index is 0.0882. The van der Waals surface area contributed by atoms with Gasteiger partial charge in [-0.1, -0.05) is 11.8 Å². The predicted molar refractivity (Wildman–Crippen MR) is 102 cm³/mol. The lowest BCUT2D eigenvalue weighted by atomic mass is 9.98. The van der Waals surface area contributed by atoms with Crippen LogP contribution in [0.15, 0.2) is 11.4 Å². The number of nitrogens with zero attached hydrogens (tertiary/aromatic N) is 4. The van der Waals surface area contributed by atoms with Crippen molar-refractivity contribution in [2.24, 2.45) is 5.92 Å². The fraction of sp³-hybridized carbons (Fsp3) is 0.471. The van der Waals surface area contributed by atoms with Gasteiger partial charge in [-0.25, -0.2) is 19.7 Å². The van der Waals surface area contributed by atoms with Crippen molar-refractivity contribution in [3.05, 3.63) is 11.8 Å². The Morgan fingerprint density at radius 3 is 2.89 bits per heavy atom. The number of aromatic nitrogens is 3. The van der Waals surface area contributed by atoms with E-state index in [0.29, 0.717) is 36.1 Å². The molecule has 0 aliphatic carbocycles. The molecule has 9 nitrogen and oxygen atoms in total. The highest BCUT2D eigenvalue weighted by Crippen LogP contribution is 2.32. The summed E-state index contributed by atoms with van der Waals surface area (Å²) < 4.78 is 5.16. The van der Waals surface area contributed by atoms with Crippen LogP contribution >= 0.6 is 11.8 Å². The summed E-state index contributed by atoms with van der Waals surface area (Å²) in [5, 5.41) is 10.5. The lowest BCUT2D eigenvalue weighted by Gasteiger charge is -2.33. The molecule has 0 aromatic carbocycles. The number of hydrogen-bond acceptors (Lipinski definition) is 9. The number of fused-ring (bicyclic) bond motifs is 1. The summed E-state index contributed by atoms with van der Waals surface area (Å²) in [6, 6.07) is 0. The van der Waals surface area contributed by atoms with Crippen LogP contribution in [-0.4, -0.2) is 57.9 Å². The largest absolute Gasteiger partial charge is 0.477 e. The molecule has 1 unspecified atom stereocenters. The van der Waals surface area contributed by atoms with E-state index in [1.54, 1.807) is 6.92 Å². The van der Waals surface area contributed by atoms with E-state index in [1.165, 1.54) is 18.0 Å². The number of nitrogen functional groups attached to an aromatic ring is 1. The van der Waals surface area contributed by atoms with Crippen molar-refractivity contribution < 1.29 is 19.4 Å². The molecule has 2 aromatic rings. The van der Waals surface area contributed by atoms with Gasteiger partial charge in [0.1, 0.15) is 17.2 Å². The van der Waals surface area contributed by atoms with Gasteiger partial charge in [-0.2, -0.15) is 0 Å². The van der Waals surface area contributed by atoms with E-state index in [-0.39, 0.29) is 28.8 Å². The number of carbonyl (C=O) groups excluding carboxylic acids is 1. The summed E-state index contributed by atoms with van der Waals surface area (Å²) in [6.07, 6.45) is 4.86. The number of rotatable bonds is 5. The molecule has 1 fully saturated rings. The second-order valence-corrected chi connectivity index (χ2v) is 6.93. The second kappa shape index (κ2) is 7.95. The molecule has 3 N–H and O–H groups in total. The Morgan fingerprint density at radius 1 is 1.44 bits per heavy atom. The molecule has 0 bridgehead atoms. The molecule has 0 saturated carbocycles. The van der Waals surface area contributed by atoms with E-state index in [4.69, 9.17) is 10.5 Å². The standard InChI is InChI=1S/C17H21N5O4S/c1-3-26-16(25)9-5-4-6-22(8-9)14-10-7-19-13(18)11(15(23)24)12(10)20-17(21-14)27-2/h7,9H,3-6,8H2,1-2H3,(H2,18,19)(H,23,24). The van der Waals surface area contributed by atoms with Crippen LogP contribution < -0.4 is 10.6 Å². The fourth-order valence-electron chi connectivity index (χ4n) is 3.23. The Labute approximate surface area is 160 Å². The average molecular weight is 391 g/mol. The molecule has 1 aliphatic rings. The Balaban J connectivity index is 2.09. The highest BCUT2D eigenvalue weighted by Gasteiger charge is 2.29. The second-order valence-electron chi connectivity index (χ2n) is 6.16. The SMILES string of the molecule is CCOC(=O)C1CCCN(c2nc(SC)nc3c(C(=O)O)c(N)ncc23)C1. The van der Waals surface area contributed by atoms with E-state index >= 15 is 0 Å². The molecule has 0 amide bonds. The van der Waals surface area contributed by atoms with Crippen LogP contribution in [0.4, 0.5) is 11.6 Å². The minimum Gasteiger partial charge on any atom is -0.477 e. The number of piperidine rings is 1. The third-order valence-electron chi connectivity index (χ3n) is 4.47. The van der Waals surface area contributed by atoms with Crippen LogP contribution in [0.1, 0.15) is 30.1 Å². The summed E-state index contributed by atoms with van der Waals surface area (Å²) >= 11 is 1.31. The van der Waals surface area contributed by atoms with E-state index in [9.17, 15) is 14.7 Å². The van der Waals surface area contributed by atoms with Gasteiger partial charge in [0, 0.05) is 19.3 Å². The highest BCUT2D eigenvalue weighted by molar-refractivity contribution is 7.98. The Kier molecular flexibility index (Phi) is 5.64. The number of esters is 1. The monoisotopic (exact) mass is 391 g/mol. The maximum absolute atomic E-state index is 12.2. The summed E-state index contributed by atoms with van der Waals surface area (Å²) in [4.78, 5) is 38.7. The average Bonchev–Trinajstić information content (AvgIpc) is 2.66. The quantitative estimate of drug-likeness (QED) is 0.442. The molecule has 1 aliphatic heterocycles. The van der Waals surface area contributed by atoms with Gasteiger partial charge < -0.3 is 20.5 Å².